The molecule has 2 aromatic carbocycles. The lowest BCUT2D eigenvalue weighted by molar-refractivity contribution is 0.192. The van der Waals surface area contributed by atoms with Crippen molar-refractivity contribution in [3.63, 3.8) is 0 Å². The monoisotopic (exact) mass is 421 g/mol. The van der Waals surface area contributed by atoms with E-state index in [1.165, 1.54) is 5.56 Å². The van der Waals surface area contributed by atoms with E-state index in [4.69, 9.17) is 0 Å². The zero-order valence-electron chi connectivity index (χ0n) is 16.9. The maximum absolute atomic E-state index is 12.9. The summed E-state index contributed by atoms with van der Waals surface area (Å²) in [5, 5.41) is 0.828. The van der Waals surface area contributed by atoms with Gasteiger partial charge in [0.25, 0.3) is 0 Å². The third kappa shape index (κ3) is 5.14. The fourth-order valence-corrected chi connectivity index (χ4v) is 5.28. The Morgan fingerprint density at radius 3 is 2.77 bits per heavy atom. The highest BCUT2D eigenvalue weighted by molar-refractivity contribution is 7.89. The fraction of sp³-hybridized carbons (Fsp3) is 0.292. The molecule has 0 amide bonds. The molecule has 0 radical (unpaired) electrons. The number of piperidine rings is 1. The van der Waals surface area contributed by atoms with Crippen LogP contribution in [0.1, 0.15) is 18.4 Å². The average molecular weight is 422 g/mol. The average Bonchev–Trinajstić information content (AvgIpc) is 2.78. The molecule has 1 aliphatic rings. The van der Waals surface area contributed by atoms with Crippen LogP contribution in [0.5, 0.6) is 0 Å². The van der Waals surface area contributed by atoms with Gasteiger partial charge in [0.05, 0.1) is 5.52 Å². The van der Waals surface area contributed by atoms with E-state index in [9.17, 15) is 8.42 Å². The number of hydrogen-bond acceptors (Lipinski definition) is 4. The Bertz CT molecular complexity index is 1110. The van der Waals surface area contributed by atoms with Gasteiger partial charge in [0.15, 0.2) is 0 Å². The molecule has 1 unspecified atom stereocenters. The quantitative estimate of drug-likeness (QED) is 0.628. The molecule has 156 valence electrons. The number of para-hydroxylation sites is 1. The van der Waals surface area contributed by atoms with Crippen molar-refractivity contribution in [3.8, 4) is 0 Å². The summed E-state index contributed by atoms with van der Waals surface area (Å²) in [5.41, 5.74) is 1.71. The number of fused-ring (bicyclic) bond motifs is 1. The second kappa shape index (κ2) is 9.51. The number of aromatic nitrogens is 1. The number of rotatable bonds is 7. The van der Waals surface area contributed by atoms with Crippen LogP contribution in [-0.2, 0) is 10.0 Å². The molecule has 2 heterocycles. The fourth-order valence-electron chi connectivity index (χ4n) is 3.98. The lowest BCUT2D eigenvalue weighted by atomic mass is 9.98. The van der Waals surface area contributed by atoms with Crippen LogP contribution in [0.4, 0.5) is 0 Å². The van der Waals surface area contributed by atoms with Gasteiger partial charge in [0.1, 0.15) is 4.90 Å². The molecular weight excluding hydrogens is 394 g/mol. The minimum atomic E-state index is -3.60. The molecule has 0 bridgehead atoms. The van der Waals surface area contributed by atoms with Crippen molar-refractivity contribution < 1.29 is 8.42 Å². The standard InChI is InChI=1S/C24H27N3O2S/c28-30(29,23-14-4-12-22-13-5-15-25-24(22)23)26-18-21-11-7-17-27(19-21)16-6-10-20-8-2-1-3-9-20/h1-6,8-10,12-15,21,26H,7,11,16-19H2/b10-6+. The molecule has 0 saturated carbocycles. The number of nitrogens with zero attached hydrogens (tertiary/aromatic N) is 2. The van der Waals surface area contributed by atoms with Crippen LogP contribution in [0.2, 0.25) is 0 Å². The molecule has 3 aromatic rings. The van der Waals surface area contributed by atoms with Gasteiger partial charge >= 0.3 is 0 Å². The minimum Gasteiger partial charge on any atom is -0.299 e. The molecule has 1 aromatic heterocycles. The van der Waals surface area contributed by atoms with E-state index in [1.54, 1.807) is 18.3 Å². The predicted molar refractivity (Wildman–Crippen MR) is 122 cm³/mol. The van der Waals surface area contributed by atoms with E-state index in [0.717, 1.165) is 37.9 Å². The Balaban J connectivity index is 1.35. The molecule has 30 heavy (non-hydrogen) atoms. The first kappa shape index (κ1) is 20.7. The molecule has 1 fully saturated rings. The highest BCUT2D eigenvalue weighted by atomic mass is 32.2. The molecule has 1 N–H and O–H groups in total. The van der Waals surface area contributed by atoms with Gasteiger partial charge in [-0.3, -0.25) is 9.88 Å². The highest BCUT2D eigenvalue weighted by Crippen LogP contribution is 2.21. The summed E-state index contributed by atoms with van der Waals surface area (Å²) in [5.74, 6) is 0.307. The van der Waals surface area contributed by atoms with Crippen molar-refractivity contribution in [3.05, 3.63) is 78.5 Å². The van der Waals surface area contributed by atoms with Gasteiger partial charge in [-0.1, -0.05) is 60.7 Å². The van der Waals surface area contributed by atoms with E-state index in [-0.39, 0.29) is 4.90 Å². The van der Waals surface area contributed by atoms with Crippen LogP contribution in [0.25, 0.3) is 17.0 Å². The molecule has 0 spiro atoms. The molecule has 6 heteroatoms. The van der Waals surface area contributed by atoms with E-state index in [2.05, 4.69) is 38.9 Å². The Kier molecular flexibility index (Phi) is 6.57. The van der Waals surface area contributed by atoms with Crippen LogP contribution < -0.4 is 4.72 Å². The number of pyridine rings is 1. The van der Waals surface area contributed by atoms with Crippen LogP contribution in [0.3, 0.4) is 0 Å². The van der Waals surface area contributed by atoms with E-state index in [1.807, 2.05) is 36.4 Å². The summed E-state index contributed by atoms with van der Waals surface area (Å²) in [6, 6.07) is 19.2. The van der Waals surface area contributed by atoms with E-state index in [0.29, 0.717) is 18.0 Å². The predicted octanol–water partition coefficient (Wildman–Crippen LogP) is 3.94. The minimum absolute atomic E-state index is 0.249. The van der Waals surface area contributed by atoms with Crippen LogP contribution in [-0.4, -0.2) is 44.5 Å². The van der Waals surface area contributed by atoms with Crippen molar-refractivity contribution in [2.45, 2.75) is 17.7 Å². The second-order valence-corrected chi connectivity index (χ2v) is 9.50. The third-order valence-corrected chi connectivity index (χ3v) is 6.98. The second-order valence-electron chi connectivity index (χ2n) is 7.76. The number of nitrogens with one attached hydrogen (secondary N) is 1. The lowest BCUT2D eigenvalue weighted by Crippen LogP contribution is -2.41. The van der Waals surface area contributed by atoms with Gasteiger partial charge in [-0.05, 0) is 43.0 Å². The first-order valence-corrected chi connectivity index (χ1v) is 11.9. The van der Waals surface area contributed by atoms with Gasteiger partial charge in [-0.25, -0.2) is 13.1 Å². The van der Waals surface area contributed by atoms with Crippen LogP contribution in [0.15, 0.2) is 77.8 Å². The smallest absolute Gasteiger partial charge is 0.242 e. The maximum Gasteiger partial charge on any atom is 0.242 e. The Morgan fingerprint density at radius 1 is 1.07 bits per heavy atom. The summed E-state index contributed by atoms with van der Waals surface area (Å²) in [7, 11) is -3.60. The molecule has 5 nitrogen and oxygen atoms in total. The molecule has 1 atom stereocenters. The molecule has 0 aliphatic carbocycles. The van der Waals surface area contributed by atoms with Gasteiger partial charge in [0.2, 0.25) is 10.0 Å². The molecule has 4 rings (SSSR count). The SMILES string of the molecule is O=S(=O)(NCC1CCCN(C/C=C/c2ccccc2)C1)c1cccc2cccnc12. The van der Waals surface area contributed by atoms with Gasteiger partial charge in [-0.15, -0.1) is 0 Å². The first-order valence-electron chi connectivity index (χ1n) is 10.4. The van der Waals surface area contributed by atoms with Gasteiger partial charge < -0.3 is 0 Å². The van der Waals surface area contributed by atoms with Crippen LogP contribution in [0, 0.1) is 5.92 Å². The highest BCUT2D eigenvalue weighted by Gasteiger charge is 2.23. The largest absolute Gasteiger partial charge is 0.299 e. The molecule has 1 saturated heterocycles. The van der Waals surface area contributed by atoms with Crippen molar-refractivity contribution >= 4 is 27.0 Å². The number of likely N-dealkylation sites (tertiary alicyclic amines) is 1. The summed E-state index contributed by atoms with van der Waals surface area (Å²) >= 11 is 0. The van der Waals surface area contributed by atoms with E-state index >= 15 is 0 Å². The number of sulfonamides is 1. The molecule has 1 aliphatic heterocycles. The Hall–Kier alpha value is -2.54. The van der Waals surface area contributed by atoms with Crippen molar-refractivity contribution in [1.82, 2.24) is 14.6 Å². The molecular formula is C24H27N3O2S. The normalized spacial score (nSPS) is 18.2. The summed E-state index contributed by atoms with van der Waals surface area (Å²) in [6.07, 6.45) is 8.07. The summed E-state index contributed by atoms with van der Waals surface area (Å²) in [4.78, 5) is 6.92. The number of benzene rings is 2. The van der Waals surface area contributed by atoms with Gasteiger partial charge in [0, 0.05) is 31.2 Å². The van der Waals surface area contributed by atoms with Crippen molar-refractivity contribution in [1.29, 1.82) is 0 Å². The number of hydrogen-bond donors (Lipinski definition) is 1. The first-order chi connectivity index (χ1) is 14.6. The zero-order valence-corrected chi connectivity index (χ0v) is 17.8. The van der Waals surface area contributed by atoms with Crippen molar-refractivity contribution in [2.24, 2.45) is 5.92 Å². The van der Waals surface area contributed by atoms with Crippen molar-refractivity contribution in [2.75, 3.05) is 26.2 Å². The van der Waals surface area contributed by atoms with Crippen LogP contribution >= 0.6 is 0 Å². The Labute approximate surface area is 178 Å². The Morgan fingerprint density at radius 2 is 1.90 bits per heavy atom. The van der Waals surface area contributed by atoms with E-state index < -0.39 is 10.0 Å². The lowest BCUT2D eigenvalue weighted by Gasteiger charge is -2.32. The topological polar surface area (TPSA) is 62.3 Å². The zero-order chi connectivity index (χ0) is 20.8. The third-order valence-electron chi connectivity index (χ3n) is 5.52. The van der Waals surface area contributed by atoms with Gasteiger partial charge in [-0.2, -0.15) is 0 Å². The summed E-state index contributed by atoms with van der Waals surface area (Å²) < 4.78 is 28.7. The maximum atomic E-state index is 12.9. The summed E-state index contributed by atoms with van der Waals surface area (Å²) in [6.45, 7) is 3.28.